The third kappa shape index (κ3) is 3.68. The summed E-state index contributed by atoms with van der Waals surface area (Å²) in [5.74, 6) is 0.197. The number of esters is 1. The Hall–Kier alpha value is -3.00. The molecule has 0 bridgehead atoms. The first-order valence-electron chi connectivity index (χ1n) is 9.05. The molecule has 144 valence electrons. The molecule has 0 radical (unpaired) electrons. The molecule has 1 aromatic carbocycles. The van der Waals surface area contributed by atoms with E-state index in [2.05, 4.69) is 29.4 Å². The standard InChI is InChI=1S/C20H19N3O4S/c1-3-15-11(2)8-16(28-15)19-23-22-18(27-19)10-26-20(25)13-4-6-14-12(9-13)5-7-17(24)21-14/h4,6,8-9H,3,5,7,10H2,1-2H3,(H,21,24). The molecular weight excluding hydrogens is 378 g/mol. The number of benzene rings is 1. The van der Waals surface area contributed by atoms with E-state index in [0.29, 0.717) is 24.3 Å². The summed E-state index contributed by atoms with van der Waals surface area (Å²) in [7, 11) is 0. The number of thiophene rings is 1. The summed E-state index contributed by atoms with van der Waals surface area (Å²) in [6.45, 7) is 4.07. The second kappa shape index (κ2) is 7.55. The van der Waals surface area contributed by atoms with Gasteiger partial charge in [-0.3, -0.25) is 4.79 Å². The third-order valence-corrected chi connectivity index (χ3v) is 5.95. The van der Waals surface area contributed by atoms with Crippen LogP contribution in [0, 0.1) is 6.92 Å². The summed E-state index contributed by atoms with van der Waals surface area (Å²) >= 11 is 1.63. The molecule has 8 heteroatoms. The summed E-state index contributed by atoms with van der Waals surface area (Å²) in [4.78, 5) is 25.9. The highest BCUT2D eigenvalue weighted by atomic mass is 32.1. The van der Waals surface area contributed by atoms with Gasteiger partial charge >= 0.3 is 5.97 Å². The zero-order valence-electron chi connectivity index (χ0n) is 15.6. The highest BCUT2D eigenvalue weighted by molar-refractivity contribution is 7.15. The maximum atomic E-state index is 12.3. The first kappa shape index (κ1) is 18.4. The summed E-state index contributed by atoms with van der Waals surface area (Å²) < 4.78 is 10.9. The van der Waals surface area contributed by atoms with Crippen molar-refractivity contribution in [3.63, 3.8) is 0 Å². The van der Waals surface area contributed by atoms with E-state index in [1.165, 1.54) is 10.4 Å². The van der Waals surface area contributed by atoms with Crippen LogP contribution in [0.4, 0.5) is 5.69 Å². The van der Waals surface area contributed by atoms with Gasteiger partial charge in [0.15, 0.2) is 6.61 Å². The van der Waals surface area contributed by atoms with Gasteiger partial charge < -0.3 is 14.5 Å². The first-order chi connectivity index (χ1) is 13.5. The molecule has 28 heavy (non-hydrogen) atoms. The van der Waals surface area contributed by atoms with Crippen molar-refractivity contribution >= 4 is 28.9 Å². The van der Waals surface area contributed by atoms with Gasteiger partial charge in [-0.05, 0) is 55.2 Å². The molecule has 1 amide bonds. The van der Waals surface area contributed by atoms with Crippen molar-refractivity contribution in [1.82, 2.24) is 10.2 Å². The number of hydrogen-bond donors (Lipinski definition) is 1. The number of carbonyl (C=O) groups is 2. The van der Waals surface area contributed by atoms with Crippen LogP contribution in [0.2, 0.25) is 0 Å². The maximum Gasteiger partial charge on any atom is 0.338 e. The van der Waals surface area contributed by atoms with Crippen LogP contribution in [0.3, 0.4) is 0 Å². The van der Waals surface area contributed by atoms with Gasteiger partial charge in [-0.25, -0.2) is 4.79 Å². The Kier molecular flexibility index (Phi) is 4.95. The summed E-state index contributed by atoms with van der Waals surface area (Å²) in [6, 6.07) is 7.13. The van der Waals surface area contributed by atoms with Crippen molar-refractivity contribution in [3.8, 4) is 10.8 Å². The Morgan fingerprint density at radius 2 is 2.14 bits per heavy atom. The Labute approximate surface area is 165 Å². The molecule has 0 saturated heterocycles. The number of ether oxygens (including phenoxy) is 1. The Morgan fingerprint density at radius 1 is 1.29 bits per heavy atom. The molecule has 3 heterocycles. The summed E-state index contributed by atoms with van der Waals surface area (Å²) in [5.41, 5.74) is 3.30. The van der Waals surface area contributed by atoms with Gasteiger partial charge in [0.25, 0.3) is 11.8 Å². The molecule has 1 N–H and O–H groups in total. The molecule has 1 aliphatic rings. The zero-order valence-corrected chi connectivity index (χ0v) is 16.4. The van der Waals surface area contributed by atoms with Gasteiger partial charge in [0, 0.05) is 17.0 Å². The molecular formula is C20H19N3O4S. The fraction of sp³-hybridized carbons (Fsp3) is 0.300. The van der Waals surface area contributed by atoms with E-state index in [4.69, 9.17) is 9.15 Å². The van der Waals surface area contributed by atoms with Gasteiger partial charge in [-0.2, -0.15) is 0 Å². The number of anilines is 1. The van der Waals surface area contributed by atoms with Crippen molar-refractivity contribution in [2.45, 2.75) is 39.7 Å². The van der Waals surface area contributed by atoms with Crippen molar-refractivity contribution in [3.05, 3.63) is 51.7 Å². The van der Waals surface area contributed by atoms with Crippen molar-refractivity contribution in [2.75, 3.05) is 5.32 Å². The van der Waals surface area contributed by atoms with Crippen molar-refractivity contribution in [1.29, 1.82) is 0 Å². The van der Waals surface area contributed by atoms with E-state index < -0.39 is 5.97 Å². The molecule has 1 aliphatic heterocycles. The first-order valence-corrected chi connectivity index (χ1v) is 9.87. The second-order valence-corrected chi connectivity index (χ2v) is 7.70. The number of hydrogen-bond acceptors (Lipinski definition) is 7. The molecule has 3 aromatic rings. The molecule has 0 aliphatic carbocycles. The number of carbonyl (C=O) groups excluding carboxylic acids is 2. The average molecular weight is 397 g/mol. The minimum atomic E-state index is -0.473. The van der Waals surface area contributed by atoms with Crippen LogP contribution < -0.4 is 5.32 Å². The quantitative estimate of drug-likeness (QED) is 0.656. The van der Waals surface area contributed by atoms with Crippen LogP contribution in [0.15, 0.2) is 28.7 Å². The van der Waals surface area contributed by atoms with Crippen molar-refractivity contribution < 1.29 is 18.7 Å². The summed E-state index contributed by atoms with van der Waals surface area (Å²) in [5, 5.41) is 10.8. The van der Waals surface area contributed by atoms with E-state index in [1.54, 1.807) is 29.5 Å². The smallest absolute Gasteiger partial charge is 0.338 e. The van der Waals surface area contributed by atoms with E-state index >= 15 is 0 Å². The molecule has 0 fully saturated rings. The number of fused-ring (bicyclic) bond motifs is 1. The molecule has 0 saturated carbocycles. The van der Waals surface area contributed by atoms with Gasteiger partial charge in [0.2, 0.25) is 5.91 Å². The lowest BCUT2D eigenvalue weighted by atomic mass is 10.0. The van der Waals surface area contributed by atoms with Crippen molar-refractivity contribution in [2.24, 2.45) is 0 Å². The number of nitrogens with one attached hydrogen (secondary N) is 1. The molecule has 4 rings (SSSR count). The molecule has 0 unspecified atom stereocenters. The zero-order chi connectivity index (χ0) is 19.7. The minimum absolute atomic E-state index is 0.0120. The normalized spacial score (nSPS) is 13.1. The van der Waals surface area contributed by atoms with E-state index in [1.807, 2.05) is 6.07 Å². The fourth-order valence-corrected chi connectivity index (χ4v) is 4.14. The van der Waals surface area contributed by atoms with Crippen LogP contribution in [-0.2, 0) is 29.0 Å². The summed E-state index contributed by atoms with van der Waals surface area (Å²) in [6.07, 6.45) is 1.98. The van der Waals surface area contributed by atoms with Gasteiger partial charge in [-0.15, -0.1) is 21.5 Å². The predicted molar refractivity (Wildman–Crippen MR) is 104 cm³/mol. The number of amides is 1. The van der Waals surface area contributed by atoms with Gasteiger partial charge in [0.05, 0.1) is 10.4 Å². The number of rotatable bonds is 5. The molecule has 0 atom stereocenters. The third-order valence-electron chi connectivity index (χ3n) is 4.58. The largest absolute Gasteiger partial charge is 0.452 e. The Bertz CT molecular complexity index is 1050. The molecule has 0 spiro atoms. The monoisotopic (exact) mass is 397 g/mol. The lowest BCUT2D eigenvalue weighted by molar-refractivity contribution is -0.116. The lowest BCUT2D eigenvalue weighted by Crippen LogP contribution is -2.19. The van der Waals surface area contributed by atoms with Crippen LogP contribution in [0.25, 0.3) is 10.8 Å². The topological polar surface area (TPSA) is 94.3 Å². The SMILES string of the molecule is CCc1sc(-c2nnc(COC(=O)c3ccc4c(c3)CCC(=O)N4)o2)cc1C. The van der Waals surface area contributed by atoms with E-state index in [0.717, 1.165) is 22.5 Å². The molecule has 2 aromatic heterocycles. The van der Waals surface area contributed by atoms with Gasteiger partial charge in [0.1, 0.15) is 0 Å². The Morgan fingerprint density at radius 3 is 2.93 bits per heavy atom. The van der Waals surface area contributed by atoms with E-state index in [-0.39, 0.29) is 18.4 Å². The Balaban J connectivity index is 1.41. The fourth-order valence-electron chi connectivity index (χ4n) is 3.11. The number of aromatic nitrogens is 2. The molecule has 7 nitrogen and oxygen atoms in total. The lowest BCUT2D eigenvalue weighted by Gasteiger charge is -2.17. The average Bonchev–Trinajstić information content (AvgIpc) is 3.31. The second-order valence-electron chi connectivity index (χ2n) is 6.57. The maximum absolute atomic E-state index is 12.3. The van der Waals surface area contributed by atoms with Crippen LogP contribution >= 0.6 is 11.3 Å². The number of aryl methyl sites for hydroxylation is 3. The van der Waals surface area contributed by atoms with Crippen LogP contribution in [-0.4, -0.2) is 22.1 Å². The minimum Gasteiger partial charge on any atom is -0.452 e. The predicted octanol–water partition coefficient (Wildman–Crippen LogP) is 3.91. The van der Waals surface area contributed by atoms with E-state index in [9.17, 15) is 9.59 Å². The highest BCUT2D eigenvalue weighted by Gasteiger charge is 2.18. The van der Waals surface area contributed by atoms with Crippen LogP contribution in [0.1, 0.15) is 45.6 Å². The number of nitrogens with zero attached hydrogens (tertiary/aromatic N) is 2. The van der Waals surface area contributed by atoms with Crippen LogP contribution in [0.5, 0.6) is 0 Å². The highest BCUT2D eigenvalue weighted by Crippen LogP contribution is 2.31. The van der Waals surface area contributed by atoms with Gasteiger partial charge in [-0.1, -0.05) is 6.92 Å².